The van der Waals surface area contributed by atoms with Gasteiger partial charge in [-0.25, -0.2) is 0 Å². The smallest absolute Gasteiger partial charge is 0.281 e. The van der Waals surface area contributed by atoms with E-state index in [1.165, 1.54) is 0 Å². The first-order valence-electron chi connectivity index (χ1n) is 8.14. The zero-order chi connectivity index (χ0) is 17.4. The van der Waals surface area contributed by atoms with Crippen LogP contribution in [0.1, 0.15) is 17.8 Å². The summed E-state index contributed by atoms with van der Waals surface area (Å²) in [5.41, 5.74) is 2.67. The molecular weight excluding hydrogens is 316 g/mol. The van der Waals surface area contributed by atoms with E-state index < -0.39 is 0 Å². The molecule has 0 radical (unpaired) electrons. The van der Waals surface area contributed by atoms with Gasteiger partial charge in [-0.15, -0.1) is 0 Å². The van der Waals surface area contributed by atoms with Crippen LogP contribution < -0.4 is 15.0 Å². The molecule has 25 heavy (non-hydrogen) atoms. The number of methoxy groups -OCH3 is 2. The first kappa shape index (κ1) is 15.4. The molecule has 1 aromatic heterocycles. The third-order valence-corrected chi connectivity index (χ3v) is 4.54. The van der Waals surface area contributed by atoms with Crippen molar-refractivity contribution >= 4 is 22.6 Å². The minimum absolute atomic E-state index is 0.188. The van der Waals surface area contributed by atoms with Crippen LogP contribution in [0, 0.1) is 0 Å². The molecule has 0 atom stereocenters. The molecule has 0 aliphatic carbocycles. The summed E-state index contributed by atoms with van der Waals surface area (Å²) in [7, 11) is 3.24. The first-order valence-corrected chi connectivity index (χ1v) is 8.14. The lowest BCUT2D eigenvalue weighted by atomic mass is 10.1. The molecule has 0 fully saturated rings. The summed E-state index contributed by atoms with van der Waals surface area (Å²) in [6.45, 7) is 0.807. The lowest BCUT2D eigenvalue weighted by Gasteiger charge is -2.11. The van der Waals surface area contributed by atoms with E-state index in [2.05, 4.69) is 9.55 Å². The van der Waals surface area contributed by atoms with Crippen LogP contribution in [0.2, 0.25) is 0 Å². The van der Waals surface area contributed by atoms with Gasteiger partial charge < -0.3 is 14.0 Å². The quantitative estimate of drug-likeness (QED) is 0.737. The van der Waals surface area contributed by atoms with Crippen molar-refractivity contribution in [2.75, 3.05) is 14.2 Å². The Labute approximate surface area is 145 Å². The molecular formula is C20H18N2O3. The fraction of sp³-hybridized carbons (Fsp3) is 0.200. The monoisotopic (exact) mass is 334 g/mol. The van der Waals surface area contributed by atoms with Crippen LogP contribution in [0.5, 0.6) is 11.5 Å². The summed E-state index contributed by atoms with van der Waals surface area (Å²) >= 11 is 0. The molecule has 126 valence electrons. The maximum absolute atomic E-state index is 12.4. The van der Waals surface area contributed by atoms with E-state index in [1.54, 1.807) is 14.2 Å². The van der Waals surface area contributed by atoms with Gasteiger partial charge in [-0.3, -0.25) is 4.79 Å². The Bertz CT molecular complexity index is 1050. The lowest BCUT2D eigenvalue weighted by molar-refractivity contribution is 0.354. The number of para-hydroxylation sites is 2. The van der Waals surface area contributed by atoms with Crippen molar-refractivity contribution < 1.29 is 9.47 Å². The van der Waals surface area contributed by atoms with E-state index in [0.29, 0.717) is 16.9 Å². The summed E-state index contributed by atoms with van der Waals surface area (Å²) in [4.78, 5) is 16.7. The largest absolute Gasteiger partial charge is 0.493 e. The molecule has 0 unspecified atom stereocenters. The Morgan fingerprint density at radius 1 is 1.08 bits per heavy atom. The molecule has 0 amide bonds. The summed E-state index contributed by atoms with van der Waals surface area (Å²) in [6.07, 6.45) is 2.85. The van der Waals surface area contributed by atoms with Gasteiger partial charge in [0.15, 0.2) is 11.5 Å². The Morgan fingerprint density at radius 2 is 1.92 bits per heavy atom. The standard InChI is InChI=1S/C20H18N2O3/c1-24-17-9-5-6-13(18(17)25-2)12-14-10-11-22-16-8-4-3-7-15(16)20(23)21-19(14)22/h3-9,12H,10-11H2,1-2H3/b14-12+. The van der Waals surface area contributed by atoms with Crippen LogP contribution in [0.3, 0.4) is 0 Å². The predicted octanol–water partition coefficient (Wildman–Crippen LogP) is 3.36. The van der Waals surface area contributed by atoms with Crippen LogP contribution >= 0.6 is 0 Å². The second-order valence-corrected chi connectivity index (χ2v) is 5.91. The van der Waals surface area contributed by atoms with Crippen molar-refractivity contribution in [2.45, 2.75) is 13.0 Å². The number of benzene rings is 2. The van der Waals surface area contributed by atoms with Gasteiger partial charge in [0.1, 0.15) is 5.82 Å². The van der Waals surface area contributed by atoms with Crippen molar-refractivity contribution in [3.8, 4) is 11.5 Å². The molecule has 5 nitrogen and oxygen atoms in total. The van der Waals surface area contributed by atoms with Crippen molar-refractivity contribution in [1.29, 1.82) is 0 Å². The molecule has 0 bridgehead atoms. The molecule has 3 aromatic rings. The molecule has 0 spiro atoms. The number of allylic oxidation sites excluding steroid dienone is 1. The normalized spacial score (nSPS) is 14.7. The van der Waals surface area contributed by atoms with E-state index in [-0.39, 0.29) is 5.56 Å². The molecule has 1 aliphatic rings. The summed E-state index contributed by atoms with van der Waals surface area (Å²) in [5, 5.41) is 0.659. The van der Waals surface area contributed by atoms with Crippen molar-refractivity contribution in [2.24, 2.45) is 0 Å². The summed E-state index contributed by atoms with van der Waals surface area (Å²) < 4.78 is 13.0. The Balaban J connectivity index is 1.90. The molecule has 4 rings (SSSR count). The van der Waals surface area contributed by atoms with E-state index in [9.17, 15) is 4.79 Å². The highest BCUT2D eigenvalue weighted by molar-refractivity contribution is 5.87. The van der Waals surface area contributed by atoms with Crippen molar-refractivity contribution in [3.05, 3.63) is 64.2 Å². The van der Waals surface area contributed by atoms with Gasteiger partial charge in [0.2, 0.25) is 0 Å². The molecule has 2 heterocycles. The Kier molecular flexibility index (Phi) is 3.76. The third-order valence-electron chi connectivity index (χ3n) is 4.54. The van der Waals surface area contributed by atoms with Crippen LogP contribution in [0.25, 0.3) is 22.6 Å². The molecule has 0 N–H and O–H groups in total. The summed E-state index contributed by atoms with van der Waals surface area (Å²) in [6, 6.07) is 13.4. The van der Waals surface area contributed by atoms with Gasteiger partial charge in [-0.1, -0.05) is 24.3 Å². The maximum Gasteiger partial charge on any atom is 0.281 e. The van der Waals surface area contributed by atoms with Gasteiger partial charge in [0, 0.05) is 12.1 Å². The van der Waals surface area contributed by atoms with Crippen LogP contribution in [-0.4, -0.2) is 23.8 Å². The average molecular weight is 334 g/mol. The number of aromatic nitrogens is 2. The maximum atomic E-state index is 12.4. The minimum atomic E-state index is -0.188. The molecule has 0 saturated heterocycles. The highest BCUT2D eigenvalue weighted by Gasteiger charge is 2.21. The number of aryl methyl sites for hydroxylation is 1. The Hall–Kier alpha value is -3.08. The van der Waals surface area contributed by atoms with Gasteiger partial charge in [0.25, 0.3) is 5.56 Å². The number of rotatable bonds is 3. The molecule has 1 aliphatic heterocycles. The zero-order valence-corrected chi connectivity index (χ0v) is 14.2. The predicted molar refractivity (Wildman–Crippen MR) is 98.0 cm³/mol. The van der Waals surface area contributed by atoms with Gasteiger partial charge in [-0.05, 0) is 36.3 Å². The number of fused-ring (bicyclic) bond motifs is 3. The van der Waals surface area contributed by atoms with Gasteiger partial charge >= 0.3 is 0 Å². The topological polar surface area (TPSA) is 53.4 Å². The average Bonchev–Trinajstić information content (AvgIpc) is 3.04. The molecule has 5 heteroatoms. The van der Waals surface area contributed by atoms with Gasteiger partial charge in [-0.2, -0.15) is 4.98 Å². The highest BCUT2D eigenvalue weighted by Crippen LogP contribution is 2.35. The number of hydrogen-bond donors (Lipinski definition) is 0. The second-order valence-electron chi connectivity index (χ2n) is 5.91. The van der Waals surface area contributed by atoms with Gasteiger partial charge in [0.05, 0.1) is 25.1 Å². The third kappa shape index (κ3) is 2.48. The Morgan fingerprint density at radius 3 is 2.72 bits per heavy atom. The van der Waals surface area contributed by atoms with E-state index in [4.69, 9.17) is 9.47 Å². The number of ether oxygens (including phenoxy) is 2. The van der Waals surface area contributed by atoms with E-state index >= 15 is 0 Å². The molecule has 2 aromatic carbocycles. The zero-order valence-electron chi connectivity index (χ0n) is 14.2. The fourth-order valence-electron chi connectivity index (χ4n) is 3.39. The van der Waals surface area contributed by atoms with Crippen LogP contribution in [0.15, 0.2) is 47.3 Å². The fourth-order valence-corrected chi connectivity index (χ4v) is 3.39. The first-order chi connectivity index (χ1) is 12.2. The molecule has 0 saturated carbocycles. The number of hydrogen-bond acceptors (Lipinski definition) is 4. The SMILES string of the molecule is COc1cccc(/C=C2\CCn3c2nc(=O)c2ccccc23)c1OC. The van der Waals surface area contributed by atoms with Crippen molar-refractivity contribution in [3.63, 3.8) is 0 Å². The van der Waals surface area contributed by atoms with Crippen LogP contribution in [0.4, 0.5) is 0 Å². The van der Waals surface area contributed by atoms with E-state index in [0.717, 1.165) is 35.4 Å². The second kappa shape index (κ2) is 6.09. The van der Waals surface area contributed by atoms with E-state index in [1.807, 2.05) is 48.5 Å². The summed E-state index contributed by atoms with van der Waals surface area (Å²) in [5.74, 6) is 2.09. The minimum Gasteiger partial charge on any atom is -0.493 e. The highest BCUT2D eigenvalue weighted by atomic mass is 16.5. The van der Waals surface area contributed by atoms with Crippen molar-refractivity contribution in [1.82, 2.24) is 9.55 Å². The lowest BCUT2D eigenvalue weighted by Crippen LogP contribution is -2.14. The number of nitrogens with zero attached hydrogens (tertiary/aromatic N) is 2. The van der Waals surface area contributed by atoms with Crippen LogP contribution in [-0.2, 0) is 6.54 Å².